The van der Waals surface area contributed by atoms with Gasteiger partial charge in [0.25, 0.3) is 0 Å². The zero-order chi connectivity index (χ0) is 9.90. The van der Waals surface area contributed by atoms with E-state index in [1.165, 1.54) is 12.0 Å². The zero-order valence-electron chi connectivity index (χ0n) is 7.42. The number of ether oxygens (including phenoxy) is 1. The molecule has 72 valence electrons. The van der Waals surface area contributed by atoms with Crippen LogP contribution in [-0.4, -0.2) is 36.9 Å². The molecule has 0 bridgehead atoms. The first-order chi connectivity index (χ1) is 6.11. The Balaban J connectivity index is 2.49. The fourth-order valence-corrected chi connectivity index (χ4v) is 1.28. The lowest BCUT2D eigenvalue weighted by atomic mass is 9.95. The van der Waals surface area contributed by atoms with Crippen molar-refractivity contribution in [1.82, 2.24) is 4.90 Å². The minimum atomic E-state index is -1.76. The summed E-state index contributed by atoms with van der Waals surface area (Å²) in [5.41, 5.74) is -1.76. The highest BCUT2D eigenvalue weighted by Gasteiger charge is 2.36. The summed E-state index contributed by atoms with van der Waals surface area (Å²) in [6.45, 7) is 0.494. The number of rotatable bonds is 0. The number of nitriles is 1. The average molecular weight is 186 g/mol. The Morgan fingerprint density at radius 2 is 2.15 bits per heavy atom. The Morgan fingerprint density at radius 3 is 2.54 bits per heavy atom. The summed E-state index contributed by atoms with van der Waals surface area (Å²) >= 11 is 0. The van der Waals surface area contributed by atoms with E-state index in [9.17, 15) is 9.18 Å². The lowest BCUT2D eigenvalue weighted by Gasteiger charge is -2.31. The number of alkyl halides is 1. The smallest absolute Gasteiger partial charge is 0.409 e. The van der Waals surface area contributed by atoms with E-state index < -0.39 is 11.8 Å². The van der Waals surface area contributed by atoms with E-state index in [1.54, 1.807) is 6.07 Å². The van der Waals surface area contributed by atoms with E-state index >= 15 is 0 Å². The molecule has 4 nitrogen and oxygen atoms in total. The Labute approximate surface area is 75.9 Å². The quantitative estimate of drug-likeness (QED) is 0.568. The third-order valence-corrected chi connectivity index (χ3v) is 2.19. The standard InChI is InChI=1S/C8H11FN2O2/c1-13-7(12)11-4-2-8(9,6-10)3-5-11/h2-5H2,1H3. The highest BCUT2D eigenvalue weighted by Crippen LogP contribution is 2.25. The van der Waals surface area contributed by atoms with E-state index in [0.717, 1.165) is 0 Å². The van der Waals surface area contributed by atoms with E-state index in [2.05, 4.69) is 4.74 Å². The number of amides is 1. The number of hydrogen-bond acceptors (Lipinski definition) is 3. The van der Waals surface area contributed by atoms with Gasteiger partial charge in [-0.15, -0.1) is 0 Å². The minimum absolute atomic E-state index is 0.0681. The molecule has 0 spiro atoms. The van der Waals surface area contributed by atoms with Crippen LogP contribution in [0.2, 0.25) is 0 Å². The molecule has 0 saturated carbocycles. The van der Waals surface area contributed by atoms with Crippen LogP contribution in [0.25, 0.3) is 0 Å². The second-order valence-corrected chi connectivity index (χ2v) is 3.03. The summed E-state index contributed by atoms with van der Waals surface area (Å²) in [6.07, 6.45) is -0.322. The molecule has 5 heteroatoms. The van der Waals surface area contributed by atoms with Crippen molar-refractivity contribution in [2.75, 3.05) is 20.2 Å². The van der Waals surface area contributed by atoms with Crippen molar-refractivity contribution in [2.24, 2.45) is 0 Å². The van der Waals surface area contributed by atoms with E-state index in [0.29, 0.717) is 0 Å². The van der Waals surface area contributed by atoms with Crippen molar-refractivity contribution in [3.05, 3.63) is 0 Å². The largest absolute Gasteiger partial charge is 0.453 e. The van der Waals surface area contributed by atoms with E-state index in [4.69, 9.17) is 5.26 Å². The number of carbonyl (C=O) groups excluding carboxylic acids is 1. The number of piperidine rings is 1. The fraction of sp³-hybridized carbons (Fsp3) is 0.750. The molecule has 1 heterocycles. The Morgan fingerprint density at radius 1 is 1.62 bits per heavy atom. The third-order valence-electron chi connectivity index (χ3n) is 2.19. The molecule has 13 heavy (non-hydrogen) atoms. The number of hydrogen-bond donors (Lipinski definition) is 0. The van der Waals surface area contributed by atoms with Crippen LogP contribution in [0.1, 0.15) is 12.8 Å². The Kier molecular flexibility index (Phi) is 2.71. The van der Waals surface area contributed by atoms with Gasteiger partial charge in [-0.2, -0.15) is 5.26 Å². The van der Waals surface area contributed by atoms with Gasteiger partial charge in [-0.3, -0.25) is 0 Å². The average Bonchev–Trinajstić information content (AvgIpc) is 2.18. The molecule has 0 radical (unpaired) electrons. The van der Waals surface area contributed by atoms with Crippen molar-refractivity contribution >= 4 is 6.09 Å². The van der Waals surface area contributed by atoms with Gasteiger partial charge in [0.1, 0.15) is 6.07 Å². The van der Waals surface area contributed by atoms with Gasteiger partial charge in [0.05, 0.1) is 7.11 Å². The summed E-state index contributed by atoms with van der Waals surface area (Å²) in [4.78, 5) is 12.4. The van der Waals surface area contributed by atoms with Gasteiger partial charge in [0, 0.05) is 25.9 Å². The maximum absolute atomic E-state index is 13.3. The Bertz CT molecular complexity index is 241. The van der Waals surface area contributed by atoms with Crippen LogP contribution in [0.3, 0.4) is 0 Å². The van der Waals surface area contributed by atoms with Gasteiger partial charge in [-0.1, -0.05) is 0 Å². The molecule has 1 aliphatic heterocycles. The van der Waals surface area contributed by atoms with Crippen LogP contribution < -0.4 is 0 Å². The highest BCUT2D eigenvalue weighted by molar-refractivity contribution is 5.67. The first-order valence-electron chi connectivity index (χ1n) is 4.04. The topological polar surface area (TPSA) is 53.3 Å². The molecular formula is C8H11FN2O2. The van der Waals surface area contributed by atoms with Crippen LogP contribution in [-0.2, 0) is 4.74 Å². The van der Waals surface area contributed by atoms with Crippen molar-refractivity contribution < 1.29 is 13.9 Å². The number of methoxy groups -OCH3 is 1. The molecule has 1 saturated heterocycles. The van der Waals surface area contributed by atoms with Crippen LogP contribution >= 0.6 is 0 Å². The van der Waals surface area contributed by atoms with Crippen LogP contribution in [0.15, 0.2) is 0 Å². The van der Waals surface area contributed by atoms with Crippen LogP contribution in [0, 0.1) is 11.3 Å². The van der Waals surface area contributed by atoms with Crippen molar-refractivity contribution in [3.63, 3.8) is 0 Å². The lowest BCUT2D eigenvalue weighted by molar-refractivity contribution is 0.0787. The summed E-state index contributed by atoms with van der Waals surface area (Å²) < 4.78 is 17.8. The molecule has 0 aliphatic carbocycles. The number of nitrogens with zero attached hydrogens (tertiary/aromatic N) is 2. The first kappa shape index (κ1) is 9.78. The molecule has 1 amide bonds. The maximum Gasteiger partial charge on any atom is 0.409 e. The van der Waals surface area contributed by atoms with Crippen molar-refractivity contribution in [1.29, 1.82) is 5.26 Å². The molecule has 0 N–H and O–H groups in total. The second kappa shape index (κ2) is 3.60. The van der Waals surface area contributed by atoms with Gasteiger partial charge in [0.2, 0.25) is 0 Å². The molecule has 1 aliphatic rings. The fourth-order valence-electron chi connectivity index (χ4n) is 1.28. The maximum atomic E-state index is 13.3. The van der Waals surface area contributed by atoms with Crippen molar-refractivity contribution in [2.45, 2.75) is 18.5 Å². The monoisotopic (exact) mass is 186 g/mol. The molecule has 0 atom stereocenters. The van der Waals surface area contributed by atoms with Crippen molar-refractivity contribution in [3.8, 4) is 6.07 Å². The molecule has 1 rings (SSSR count). The van der Waals surface area contributed by atoms with Gasteiger partial charge in [-0.25, -0.2) is 9.18 Å². The summed E-state index contributed by atoms with van der Waals surface area (Å²) in [7, 11) is 1.28. The first-order valence-corrected chi connectivity index (χ1v) is 4.04. The van der Waals surface area contributed by atoms with Gasteiger partial charge >= 0.3 is 6.09 Å². The predicted molar refractivity (Wildman–Crippen MR) is 42.7 cm³/mol. The second-order valence-electron chi connectivity index (χ2n) is 3.03. The molecule has 0 aromatic heterocycles. The lowest BCUT2D eigenvalue weighted by Crippen LogP contribution is -2.43. The predicted octanol–water partition coefficient (Wildman–Crippen LogP) is 1.08. The number of likely N-dealkylation sites (tertiary alicyclic amines) is 1. The molecule has 0 aromatic carbocycles. The van der Waals surface area contributed by atoms with E-state index in [1.807, 2.05) is 0 Å². The van der Waals surface area contributed by atoms with Crippen LogP contribution in [0.4, 0.5) is 9.18 Å². The van der Waals surface area contributed by atoms with Gasteiger partial charge in [-0.05, 0) is 0 Å². The van der Waals surface area contributed by atoms with E-state index in [-0.39, 0.29) is 25.9 Å². The highest BCUT2D eigenvalue weighted by atomic mass is 19.1. The Hall–Kier alpha value is -1.31. The molecule has 1 fully saturated rings. The third kappa shape index (κ3) is 2.08. The summed E-state index contributed by atoms with van der Waals surface area (Å²) in [5, 5.41) is 8.47. The minimum Gasteiger partial charge on any atom is -0.453 e. The molecule has 0 unspecified atom stereocenters. The van der Waals surface area contributed by atoms with Gasteiger partial charge in [0.15, 0.2) is 5.67 Å². The number of halogens is 1. The zero-order valence-corrected chi connectivity index (χ0v) is 7.42. The normalized spacial score (nSPS) is 20.5. The van der Waals surface area contributed by atoms with Gasteiger partial charge < -0.3 is 9.64 Å². The summed E-state index contributed by atoms with van der Waals surface area (Å²) in [5.74, 6) is 0. The summed E-state index contributed by atoms with van der Waals surface area (Å²) in [6, 6.07) is 1.61. The number of carbonyl (C=O) groups is 1. The van der Waals surface area contributed by atoms with Crippen LogP contribution in [0.5, 0.6) is 0 Å². The molecular weight excluding hydrogens is 175 g/mol. The SMILES string of the molecule is COC(=O)N1CCC(F)(C#N)CC1. The molecule has 0 aromatic rings.